The molecule has 1 aromatic heterocycles. The summed E-state index contributed by atoms with van der Waals surface area (Å²) >= 11 is 0. The lowest BCUT2D eigenvalue weighted by Gasteiger charge is -2.33. The first-order valence-corrected chi connectivity index (χ1v) is 9.56. The highest BCUT2D eigenvalue weighted by Crippen LogP contribution is 2.40. The summed E-state index contributed by atoms with van der Waals surface area (Å²) in [5.74, 6) is 2.37. The zero-order chi connectivity index (χ0) is 16.7. The third-order valence-corrected chi connectivity index (χ3v) is 6.05. The number of piperidine rings is 1. The van der Waals surface area contributed by atoms with Crippen LogP contribution in [0, 0.1) is 5.92 Å². The molecule has 1 saturated heterocycles. The Morgan fingerprint density at radius 1 is 1.08 bits per heavy atom. The minimum Gasteiger partial charge on any atom is -0.343 e. The number of aryl methyl sites for hydroxylation is 1. The molecular formula is C18H28N4O2. The second kappa shape index (κ2) is 6.37. The first kappa shape index (κ1) is 15.9. The van der Waals surface area contributed by atoms with Crippen molar-refractivity contribution in [1.82, 2.24) is 19.2 Å². The standard InChI is InChI=1S/C18H28N4O2/c1-20-18(24)22(17(19-20)14-6-7-14)15-8-10-21(11-9-15)16(23)12-13-4-2-3-5-13/h13-15H,2-12H2,1H3. The lowest BCUT2D eigenvalue weighted by molar-refractivity contribution is -0.133. The van der Waals surface area contributed by atoms with Crippen molar-refractivity contribution < 1.29 is 4.79 Å². The number of rotatable bonds is 4. The summed E-state index contributed by atoms with van der Waals surface area (Å²) in [6.45, 7) is 1.56. The number of hydrogen-bond donors (Lipinski definition) is 0. The Kier molecular flexibility index (Phi) is 4.22. The zero-order valence-corrected chi connectivity index (χ0v) is 14.6. The third-order valence-electron chi connectivity index (χ3n) is 6.05. The summed E-state index contributed by atoms with van der Waals surface area (Å²) < 4.78 is 3.40. The van der Waals surface area contributed by atoms with Gasteiger partial charge < -0.3 is 4.90 Å². The molecule has 0 bridgehead atoms. The largest absolute Gasteiger partial charge is 0.345 e. The van der Waals surface area contributed by atoms with Gasteiger partial charge in [0.05, 0.1) is 0 Å². The van der Waals surface area contributed by atoms with Crippen LogP contribution < -0.4 is 5.69 Å². The Balaban J connectivity index is 1.39. The molecule has 2 saturated carbocycles. The fourth-order valence-corrected chi connectivity index (χ4v) is 4.43. The van der Waals surface area contributed by atoms with E-state index in [4.69, 9.17) is 0 Å². The first-order chi connectivity index (χ1) is 11.6. The van der Waals surface area contributed by atoms with Crippen LogP contribution in [0.3, 0.4) is 0 Å². The topological polar surface area (TPSA) is 60.1 Å². The van der Waals surface area contributed by atoms with Gasteiger partial charge >= 0.3 is 5.69 Å². The van der Waals surface area contributed by atoms with Crippen molar-refractivity contribution in [3.8, 4) is 0 Å². The van der Waals surface area contributed by atoms with Crippen LogP contribution in [0.2, 0.25) is 0 Å². The van der Waals surface area contributed by atoms with Crippen LogP contribution in [0.25, 0.3) is 0 Å². The maximum atomic E-state index is 12.5. The predicted octanol–water partition coefficient (Wildman–Crippen LogP) is 2.20. The van der Waals surface area contributed by atoms with Crippen LogP contribution >= 0.6 is 0 Å². The average molecular weight is 332 g/mol. The van der Waals surface area contributed by atoms with E-state index in [9.17, 15) is 9.59 Å². The fraction of sp³-hybridized carbons (Fsp3) is 0.833. The highest BCUT2D eigenvalue weighted by molar-refractivity contribution is 5.76. The van der Waals surface area contributed by atoms with Gasteiger partial charge in [0.2, 0.25) is 5.91 Å². The molecule has 0 radical (unpaired) electrons. The second-order valence-corrected chi connectivity index (χ2v) is 7.88. The Morgan fingerprint density at radius 2 is 1.75 bits per heavy atom. The van der Waals surface area contributed by atoms with E-state index in [1.54, 1.807) is 7.05 Å². The SMILES string of the molecule is Cn1nc(C2CC2)n(C2CCN(C(=O)CC3CCCC3)CC2)c1=O. The zero-order valence-electron chi connectivity index (χ0n) is 14.6. The minimum atomic E-state index is 0.00707. The number of amides is 1. The van der Waals surface area contributed by atoms with Crippen LogP contribution in [0.15, 0.2) is 4.79 Å². The smallest absolute Gasteiger partial charge is 0.343 e. The molecular weight excluding hydrogens is 304 g/mol. The summed E-state index contributed by atoms with van der Waals surface area (Å²) in [4.78, 5) is 27.0. The van der Waals surface area contributed by atoms with Gasteiger partial charge in [0.25, 0.3) is 0 Å². The maximum absolute atomic E-state index is 12.5. The molecule has 0 unspecified atom stereocenters. The molecule has 6 nitrogen and oxygen atoms in total. The lowest BCUT2D eigenvalue weighted by Crippen LogP contribution is -2.41. The van der Waals surface area contributed by atoms with E-state index < -0.39 is 0 Å². The van der Waals surface area contributed by atoms with Crippen molar-refractivity contribution >= 4 is 5.91 Å². The van der Waals surface area contributed by atoms with Gasteiger partial charge in [0.15, 0.2) is 0 Å². The van der Waals surface area contributed by atoms with Crippen molar-refractivity contribution in [2.24, 2.45) is 13.0 Å². The summed E-state index contributed by atoms with van der Waals surface area (Å²) in [5, 5.41) is 4.46. The molecule has 132 valence electrons. The van der Waals surface area contributed by atoms with E-state index in [0.717, 1.165) is 51.0 Å². The van der Waals surface area contributed by atoms with E-state index >= 15 is 0 Å². The molecule has 2 aliphatic carbocycles. The van der Waals surface area contributed by atoms with E-state index in [1.807, 2.05) is 9.47 Å². The van der Waals surface area contributed by atoms with Crippen LogP contribution in [0.1, 0.15) is 75.6 Å². The van der Waals surface area contributed by atoms with Gasteiger partial charge in [0, 0.05) is 38.5 Å². The number of nitrogens with zero attached hydrogens (tertiary/aromatic N) is 4. The molecule has 3 fully saturated rings. The Morgan fingerprint density at radius 3 is 2.38 bits per heavy atom. The molecule has 0 spiro atoms. The van der Waals surface area contributed by atoms with Crippen LogP contribution in [-0.4, -0.2) is 38.2 Å². The van der Waals surface area contributed by atoms with Crippen LogP contribution in [0.5, 0.6) is 0 Å². The number of aromatic nitrogens is 3. The van der Waals surface area contributed by atoms with Crippen molar-refractivity contribution in [3.63, 3.8) is 0 Å². The Bertz CT molecular complexity index is 659. The van der Waals surface area contributed by atoms with Crippen molar-refractivity contribution in [1.29, 1.82) is 0 Å². The summed E-state index contributed by atoms with van der Waals surface area (Å²) in [6.07, 6.45) is 9.79. The molecule has 0 aromatic carbocycles. The van der Waals surface area contributed by atoms with E-state index in [0.29, 0.717) is 17.7 Å². The number of carbonyl (C=O) groups excluding carboxylic acids is 1. The van der Waals surface area contributed by atoms with Crippen LogP contribution in [0.4, 0.5) is 0 Å². The molecule has 24 heavy (non-hydrogen) atoms. The molecule has 1 aromatic rings. The Hall–Kier alpha value is -1.59. The molecule has 3 aliphatic rings. The van der Waals surface area contributed by atoms with E-state index in [1.165, 1.54) is 30.4 Å². The lowest BCUT2D eigenvalue weighted by atomic mass is 10.0. The number of carbonyl (C=O) groups is 1. The van der Waals surface area contributed by atoms with Gasteiger partial charge in [-0.1, -0.05) is 12.8 Å². The molecule has 1 amide bonds. The van der Waals surface area contributed by atoms with Crippen LogP contribution in [-0.2, 0) is 11.8 Å². The van der Waals surface area contributed by atoms with Gasteiger partial charge in [-0.2, -0.15) is 5.10 Å². The van der Waals surface area contributed by atoms with Gasteiger partial charge in [-0.25, -0.2) is 9.48 Å². The van der Waals surface area contributed by atoms with Crippen molar-refractivity contribution in [2.75, 3.05) is 13.1 Å². The summed E-state index contributed by atoms with van der Waals surface area (Å²) in [6, 6.07) is 0.206. The molecule has 6 heteroatoms. The van der Waals surface area contributed by atoms with E-state index in [-0.39, 0.29) is 11.7 Å². The molecule has 4 rings (SSSR count). The van der Waals surface area contributed by atoms with E-state index in [2.05, 4.69) is 5.10 Å². The third kappa shape index (κ3) is 3.03. The number of likely N-dealkylation sites (tertiary alicyclic amines) is 1. The summed E-state index contributed by atoms with van der Waals surface area (Å²) in [7, 11) is 1.74. The molecule has 1 aliphatic heterocycles. The fourth-order valence-electron chi connectivity index (χ4n) is 4.43. The van der Waals surface area contributed by atoms with Gasteiger partial charge in [-0.3, -0.25) is 9.36 Å². The second-order valence-electron chi connectivity index (χ2n) is 7.88. The van der Waals surface area contributed by atoms with Crippen molar-refractivity contribution in [3.05, 3.63) is 16.3 Å². The Labute approximate surface area is 142 Å². The highest BCUT2D eigenvalue weighted by Gasteiger charge is 2.34. The normalized spacial score (nSPS) is 23.1. The maximum Gasteiger partial charge on any atom is 0.345 e. The minimum absolute atomic E-state index is 0.00707. The molecule has 2 heterocycles. The van der Waals surface area contributed by atoms with Crippen molar-refractivity contribution in [2.45, 2.75) is 69.7 Å². The molecule has 0 atom stereocenters. The first-order valence-electron chi connectivity index (χ1n) is 9.56. The van der Waals surface area contributed by atoms with Gasteiger partial charge in [-0.15, -0.1) is 0 Å². The number of hydrogen-bond acceptors (Lipinski definition) is 3. The predicted molar refractivity (Wildman–Crippen MR) is 90.9 cm³/mol. The molecule has 0 N–H and O–H groups in total. The quantitative estimate of drug-likeness (QED) is 0.849. The highest BCUT2D eigenvalue weighted by atomic mass is 16.2. The van der Waals surface area contributed by atoms with Gasteiger partial charge in [-0.05, 0) is 44.4 Å². The summed E-state index contributed by atoms with van der Waals surface area (Å²) in [5.41, 5.74) is 0.00707. The monoisotopic (exact) mass is 332 g/mol. The average Bonchev–Trinajstić information content (AvgIpc) is 3.23. The van der Waals surface area contributed by atoms with Gasteiger partial charge in [0.1, 0.15) is 5.82 Å².